The van der Waals surface area contributed by atoms with Crippen molar-refractivity contribution in [2.24, 2.45) is 5.73 Å². The van der Waals surface area contributed by atoms with Gasteiger partial charge in [0.05, 0.1) is 18.2 Å². The molecule has 18 heavy (non-hydrogen) atoms. The highest BCUT2D eigenvalue weighted by atomic mass is 16.5. The molecule has 0 radical (unpaired) electrons. The number of nitrogens with one attached hydrogen (secondary N) is 1. The third-order valence-corrected chi connectivity index (χ3v) is 2.05. The Kier molecular flexibility index (Phi) is 5.35. The third-order valence-electron chi connectivity index (χ3n) is 2.05. The van der Waals surface area contributed by atoms with Gasteiger partial charge in [-0.15, -0.1) is 0 Å². The first-order valence-corrected chi connectivity index (χ1v) is 5.28. The molecule has 0 unspecified atom stereocenters. The van der Waals surface area contributed by atoms with Crippen LogP contribution in [0.1, 0.15) is 15.9 Å². The van der Waals surface area contributed by atoms with Crippen LogP contribution in [0.5, 0.6) is 0 Å². The fraction of sp³-hybridized carbons (Fsp3) is 0.250. The van der Waals surface area contributed by atoms with Crippen molar-refractivity contribution < 1.29 is 14.3 Å². The standard InChI is InChI=1S/C12H13N3O3/c13-7-9-1-3-10(4-2-9)12(17)15-5-6-18-8-11(14)16/h1-4H,5-6,8H2,(H2,14,16)(H,15,17). The van der Waals surface area contributed by atoms with Crippen LogP contribution in [0.2, 0.25) is 0 Å². The number of hydrogen-bond donors (Lipinski definition) is 2. The number of benzene rings is 1. The van der Waals surface area contributed by atoms with Crippen molar-refractivity contribution in [3.05, 3.63) is 35.4 Å². The Morgan fingerprint density at radius 1 is 1.33 bits per heavy atom. The van der Waals surface area contributed by atoms with Gasteiger partial charge in [0.2, 0.25) is 5.91 Å². The fourth-order valence-electron chi connectivity index (χ4n) is 1.21. The molecule has 0 aromatic heterocycles. The zero-order chi connectivity index (χ0) is 13.4. The Morgan fingerprint density at radius 3 is 2.56 bits per heavy atom. The van der Waals surface area contributed by atoms with Gasteiger partial charge >= 0.3 is 0 Å². The number of ether oxygens (including phenoxy) is 1. The molecule has 1 aromatic carbocycles. The maximum atomic E-state index is 11.6. The van der Waals surface area contributed by atoms with E-state index in [1.807, 2.05) is 6.07 Å². The molecule has 0 spiro atoms. The first-order chi connectivity index (χ1) is 8.63. The number of amides is 2. The van der Waals surface area contributed by atoms with Crippen molar-refractivity contribution in [3.8, 4) is 6.07 Å². The highest BCUT2D eigenvalue weighted by Crippen LogP contribution is 2.02. The van der Waals surface area contributed by atoms with Crippen molar-refractivity contribution in [2.75, 3.05) is 19.8 Å². The van der Waals surface area contributed by atoms with E-state index in [4.69, 9.17) is 15.7 Å². The molecule has 0 fully saturated rings. The minimum absolute atomic E-state index is 0.160. The molecular formula is C12H13N3O3. The van der Waals surface area contributed by atoms with Crippen molar-refractivity contribution in [1.82, 2.24) is 5.32 Å². The lowest BCUT2D eigenvalue weighted by molar-refractivity contribution is -0.122. The monoisotopic (exact) mass is 247 g/mol. The lowest BCUT2D eigenvalue weighted by Gasteiger charge is -2.05. The molecule has 0 atom stereocenters. The molecule has 3 N–H and O–H groups in total. The van der Waals surface area contributed by atoms with E-state index in [0.29, 0.717) is 11.1 Å². The summed E-state index contributed by atoms with van der Waals surface area (Å²) < 4.78 is 4.89. The van der Waals surface area contributed by atoms with Crippen LogP contribution >= 0.6 is 0 Å². The quantitative estimate of drug-likeness (QED) is 0.678. The fourth-order valence-corrected chi connectivity index (χ4v) is 1.21. The maximum Gasteiger partial charge on any atom is 0.251 e. The largest absolute Gasteiger partial charge is 0.370 e. The van der Waals surface area contributed by atoms with E-state index < -0.39 is 5.91 Å². The van der Waals surface area contributed by atoms with Gasteiger partial charge in [-0.3, -0.25) is 9.59 Å². The van der Waals surface area contributed by atoms with Crippen molar-refractivity contribution >= 4 is 11.8 Å². The van der Waals surface area contributed by atoms with Crippen LogP contribution in [0, 0.1) is 11.3 Å². The van der Waals surface area contributed by atoms with Gasteiger partial charge in [-0.1, -0.05) is 0 Å². The van der Waals surface area contributed by atoms with E-state index in [2.05, 4.69) is 5.32 Å². The number of carbonyl (C=O) groups excluding carboxylic acids is 2. The number of carbonyl (C=O) groups is 2. The predicted octanol–water partition coefficient (Wildman–Crippen LogP) is -0.210. The molecule has 1 rings (SSSR count). The molecule has 0 bridgehead atoms. The maximum absolute atomic E-state index is 11.6. The Balaban J connectivity index is 2.32. The highest BCUT2D eigenvalue weighted by Gasteiger charge is 2.04. The Morgan fingerprint density at radius 2 is 2.00 bits per heavy atom. The van der Waals surface area contributed by atoms with Crippen LogP contribution in [0.3, 0.4) is 0 Å². The van der Waals surface area contributed by atoms with Gasteiger partial charge in [0, 0.05) is 12.1 Å². The first kappa shape index (κ1) is 13.7. The summed E-state index contributed by atoms with van der Waals surface area (Å²) in [5, 5.41) is 11.2. The minimum Gasteiger partial charge on any atom is -0.370 e. The molecule has 0 aliphatic rings. The van der Waals surface area contributed by atoms with Gasteiger partial charge in [-0.05, 0) is 24.3 Å². The topological polar surface area (TPSA) is 105 Å². The number of rotatable bonds is 6. The zero-order valence-corrected chi connectivity index (χ0v) is 9.68. The molecule has 0 aliphatic heterocycles. The summed E-state index contributed by atoms with van der Waals surface area (Å²) in [6.45, 7) is 0.337. The molecule has 0 saturated heterocycles. The number of hydrogen-bond acceptors (Lipinski definition) is 4. The normalized spacial score (nSPS) is 9.50. The van der Waals surface area contributed by atoms with Gasteiger partial charge in [0.25, 0.3) is 5.91 Å². The number of nitriles is 1. The summed E-state index contributed by atoms with van der Waals surface area (Å²) in [5.41, 5.74) is 5.83. The molecule has 94 valence electrons. The van der Waals surface area contributed by atoms with Crippen LogP contribution in [0.25, 0.3) is 0 Å². The van der Waals surface area contributed by atoms with Crippen LogP contribution in [-0.2, 0) is 9.53 Å². The molecule has 0 aliphatic carbocycles. The lowest BCUT2D eigenvalue weighted by atomic mass is 10.1. The average Bonchev–Trinajstić information content (AvgIpc) is 2.38. The smallest absolute Gasteiger partial charge is 0.251 e. The number of primary amides is 1. The van der Waals surface area contributed by atoms with Crippen LogP contribution in [0.4, 0.5) is 0 Å². The van der Waals surface area contributed by atoms with Gasteiger partial charge in [-0.2, -0.15) is 5.26 Å². The molecule has 0 heterocycles. The van der Waals surface area contributed by atoms with E-state index in [1.165, 1.54) is 0 Å². The van der Waals surface area contributed by atoms with Gasteiger partial charge in [0.15, 0.2) is 0 Å². The van der Waals surface area contributed by atoms with Crippen molar-refractivity contribution in [2.45, 2.75) is 0 Å². The lowest BCUT2D eigenvalue weighted by Crippen LogP contribution is -2.28. The average molecular weight is 247 g/mol. The molecule has 0 saturated carbocycles. The van der Waals surface area contributed by atoms with Gasteiger partial charge < -0.3 is 15.8 Å². The van der Waals surface area contributed by atoms with Crippen LogP contribution in [-0.4, -0.2) is 31.6 Å². The highest BCUT2D eigenvalue weighted by molar-refractivity contribution is 5.94. The third kappa shape index (κ3) is 4.63. The first-order valence-electron chi connectivity index (χ1n) is 5.28. The van der Waals surface area contributed by atoms with Gasteiger partial charge in [0.1, 0.15) is 6.61 Å². The van der Waals surface area contributed by atoms with E-state index in [1.54, 1.807) is 24.3 Å². The predicted molar refractivity (Wildman–Crippen MR) is 63.5 cm³/mol. The van der Waals surface area contributed by atoms with E-state index in [0.717, 1.165) is 0 Å². The number of nitrogens with zero attached hydrogens (tertiary/aromatic N) is 1. The summed E-state index contributed by atoms with van der Waals surface area (Å²) in [4.78, 5) is 22.0. The summed E-state index contributed by atoms with van der Waals surface area (Å²) in [5.74, 6) is -0.810. The SMILES string of the molecule is N#Cc1ccc(C(=O)NCCOCC(N)=O)cc1. The second-order valence-corrected chi connectivity index (χ2v) is 3.46. The molecular weight excluding hydrogens is 234 g/mol. The summed E-state index contributed by atoms with van der Waals surface area (Å²) in [7, 11) is 0. The Hall–Kier alpha value is -2.39. The second-order valence-electron chi connectivity index (χ2n) is 3.46. The zero-order valence-electron chi connectivity index (χ0n) is 9.68. The Labute approximate surface area is 104 Å². The van der Waals surface area contributed by atoms with E-state index in [-0.39, 0.29) is 25.7 Å². The van der Waals surface area contributed by atoms with E-state index in [9.17, 15) is 9.59 Å². The summed E-state index contributed by atoms with van der Waals surface area (Å²) in [6.07, 6.45) is 0. The van der Waals surface area contributed by atoms with Crippen LogP contribution < -0.4 is 11.1 Å². The van der Waals surface area contributed by atoms with E-state index >= 15 is 0 Å². The minimum atomic E-state index is -0.548. The molecule has 2 amide bonds. The Bertz CT molecular complexity index is 462. The van der Waals surface area contributed by atoms with Gasteiger partial charge in [-0.25, -0.2) is 0 Å². The summed E-state index contributed by atoms with van der Waals surface area (Å²) in [6, 6.07) is 8.24. The second kappa shape index (κ2) is 7.04. The molecule has 6 nitrogen and oxygen atoms in total. The van der Waals surface area contributed by atoms with Crippen molar-refractivity contribution in [1.29, 1.82) is 5.26 Å². The van der Waals surface area contributed by atoms with Crippen LogP contribution in [0.15, 0.2) is 24.3 Å². The molecule has 6 heteroatoms. The van der Waals surface area contributed by atoms with Crippen molar-refractivity contribution in [3.63, 3.8) is 0 Å². The molecule has 1 aromatic rings. The summed E-state index contributed by atoms with van der Waals surface area (Å²) >= 11 is 0. The number of nitrogens with two attached hydrogens (primary N) is 1.